The van der Waals surface area contributed by atoms with Gasteiger partial charge < -0.3 is 20.0 Å². The zero-order chi connectivity index (χ0) is 34.5. The molecule has 242 valence electrons. The number of rotatable bonds is 6. The third-order valence-electron chi connectivity index (χ3n) is 7.64. The van der Waals surface area contributed by atoms with E-state index < -0.39 is 11.9 Å². The van der Waals surface area contributed by atoms with E-state index in [1.54, 1.807) is 0 Å². The molecule has 0 aliphatic heterocycles. The quantitative estimate of drug-likeness (QED) is 0.177. The molecule has 0 saturated carbocycles. The molecule has 6 aromatic carbocycles. The molecule has 0 aromatic heterocycles. The van der Waals surface area contributed by atoms with Crippen LogP contribution in [0, 0.1) is 27.7 Å². The summed E-state index contributed by atoms with van der Waals surface area (Å²) in [6.45, 7) is 8.63. The third-order valence-corrected chi connectivity index (χ3v) is 7.64. The smallest absolute Gasteiger partial charge is 0.414 e. The first-order valence-electron chi connectivity index (χ1n) is 15.6. The second kappa shape index (κ2) is 17.0. The first kappa shape index (κ1) is 34.7. The Kier molecular flexibility index (Phi) is 12.3. The maximum atomic E-state index is 9.10. The van der Waals surface area contributed by atoms with E-state index in [-0.39, 0.29) is 0 Å². The van der Waals surface area contributed by atoms with Crippen molar-refractivity contribution in [2.75, 3.05) is 9.80 Å². The fraction of sp³-hybridized carbons (Fsp3) is 0.0952. The zero-order valence-electron chi connectivity index (χ0n) is 27.6. The molecule has 0 unspecified atom stereocenters. The van der Waals surface area contributed by atoms with E-state index in [2.05, 4.69) is 195 Å². The summed E-state index contributed by atoms with van der Waals surface area (Å²) in [4.78, 5) is 22.8. The zero-order valence-corrected chi connectivity index (χ0v) is 27.6. The third kappa shape index (κ3) is 8.98. The Bertz CT molecular complexity index is 1710. The van der Waals surface area contributed by atoms with Crippen LogP contribution in [0.25, 0.3) is 0 Å². The molecule has 0 amide bonds. The lowest BCUT2D eigenvalue weighted by molar-refractivity contribution is -0.159. The van der Waals surface area contributed by atoms with Crippen molar-refractivity contribution in [1.82, 2.24) is 0 Å². The van der Waals surface area contributed by atoms with Crippen LogP contribution in [0.5, 0.6) is 0 Å². The summed E-state index contributed by atoms with van der Waals surface area (Å²) in [6.07, 6.45) is 0. The van der Waals surface area contributed by atoms with E-state index in [0.717, 1.165) is 0 Å². The molecule has 2 N–H and O–H groups in total. The van der Waals surface area contributed by atoms with Crippen LogP contribution in [0.1, 0.15) is 22.3 Å². The molecular weight excluding hydrogens is 596 g/mol. The lowest BCUT2D eigenvalue weighted by Crippen LogP contribution is -2.12. The predicted molar refractivity (Wildman–Crippen MR) is 196 cm³/mol. The highest BCUT2D eigenvalue weighted by Crippen LogP contribution is 2.39. The van der Waals surface area contributed by atoms with E-state index >= 15 is 0 Å². The Morgan fingerprint density at radius 1 is 0.354 bits per heavy atom. The van der Waals surface area contributed by atoms with E-state index in [9.17, 15) is 0 Å². The van der Waals surface area contributed by atoms with Gasteiger partial charge in [0.25, 0.3) is 0 Å². The van der Waals surface area contributed by atoms with Gasteiger partial charge >= 0.3 is 11.9 Å². The molecule has 0 bridgehead atoms. The predicted octanol–water partition coefficient (Wildman–Crippen LogP) is 10.7. The number of aliphatic carboxylic acids is 2. The summed E-state index contributed by atoms with van der Waals surface area (Å²) in [7, 11) is 0. The molecule has 0 aliphatic carbocycles. The molecule has 0 aliphatic rings. The van der Waals surface area contributed by atoms with Gasteiger partial charge in [0, 0.05) is 34.1 Å². The molecular formula is C42H40N2O4. The number of hydrogen-bond donors (Lipinski definition) is 2. The molecule has 0 saturated heterocycles. The second-order valence-corrected chi connectivity index (χ2v) is 11.1. The molecule has 0 spiro atoms. The second-order valence-electron chi connectivity index (χ2n) is 11.1. The van der Waals surface area contributed by atoms with Gasteiger partial charge in [-0.1, -0.05) is 109 Å². The fourth-order valence-electron chi connectivity index (χ4n) is 5.23. The molecule has 0 radical (unpaired) electrons. The van der Waals surface area contributed by atoms with Crippen molar-refractivity contribution in [3.8, 4) is 0 Å². The molecule has 0 fully saturated rings. The summed E-state index contributed by atoms with van der Waals surface area (Å²) in [6, 6.07) is 55.1. The maximum Gasteiger partial charge on any atom is 0.414 e. The molecule has 6 aromatic rings. The van der Waals surface area contributed by atoms with Gasteiger partial charge in [0.05, 0.1) is 0 Å². The highest BCUT2D eigenvalue weighted by molar-refractivity contribution is 6.27. The lowest BCUT2D eigenvalue weighted by atomic mass is 10.1. The van der Waals surface area contributed by atoms with E-state index in [1.807, 2.05) is 0 Å². The minimum absolute atomic E-state index is 1.18. The Morgan fingerprint density at radius 3 is 0.771 bits per heavy atom. The summed E-state index contributed by atoms with van der Waals surface area (Å²) in [5.74, 6) is -3.65. The minimum atomic E-state index is -1.82. The van der Waals surface area contributed by atoms with Gasteiger partial charge in [-0.3, -0.25) is 0 Å². The van der Waals surface area contributed by atoms with Gasteiger partial charge in [-0.2, -0.15) is 0 Å². The number of aryl methyl sites for hydroxylation is 4. The van der Waals surface area contributed by atoms with E-state index in [0.29, 0.717) is 0 Å². The van der Waals surface area contributed by atoms with Gasteiger partial charge in [0.2, 0.25) is 0 Å². The van der Waals surface area contributed by atoms with Crippen molar-refractivity contribution in [3.63, 3.8) is 0 Å². The number of carboxylic acids is 2. The number of benzene rings is 6. The minimum Gasteiger partial charge on any atom is -0.473 e. The molecule has 48 heavy (non-hydrogen) atoms. The van der Waals surface area contributed by atoms with Gasteiger partial charge in [-0.15, -0.1) is 0 Å². The summed E-state index contributed by atoms with van der Waals surface area (Å²) < 4.78 is 0. The summed E-state index contributed by atoms with van der Waals surface area (Å²) in [5.41, 5.74) is 12.3. The van der Waals surface area contributed by atoms with Crippen molar-refractivity contribution in [2.24, 2.45) is 0 Å². The van der Waals surface area contributed by atoms with Gasteiger partial charge in [-0.25, -0.2) is 9.59 Å². The Balaban J connectivity index is 0.000000186. The van der Waals surface area contributed by atoms with Crippen LogP contribution in [-0.2, 0) is 9.59 Å². The monoisotopic (exact) mass is 636 g/mol. The first-order chi connectivity index (χ1) is 23.2. The average Bonchev–Trinajstić information content (AvgIpc) is 3.10. The van der Waals surface area contributed by atoms with Crippen molar-refractivity contribution in [2.45, 2.75) is 27.7 Å². The Labute approximate surface area is 282 Å². The lowest BCUT2D eigenvalue weighted by Gasteiger charge is -2.28. The van der Waals surface area contributed by atoms with Crippen LogP contribution >= 0.6 is 0 Å². The number of carbonyl (C=O) groups is 2. The van der Waals surface area contributed by atoms with Crippen molar-refractivity contribution in [3.05, 3.63) is 180 Å². The fourth-order valence-corrected chi connectivity index (χ4v) is 5.23. The number of nitrogens with zero attached hydrogens (tertiary/aromatic N) is 2. The first-order valence-corrected chi connectivity index (χ1v) is 15.6. The van der Waals surface area contributed by atoms with Crippen LogP contribution in [0.4, 0.5) is 34.1 Å². The topological polar surface area (TPSA) is 81.1 Å². The van der Waals surface area contributed by atoms with Gasteiger partial charge in [0.1, 0.15) is 0 Å². The Morgan fingerprint density at radius 2 is 0.562 bits per heavy atom. The van der Waals surface area contributed by atoms with Gasteiger partial charge in [0.15, 0.2) is 0 Å². The SMILES string of the molecule is Cc1ccccc1N(c1ccccc1)c1ccccc1C.Cc1ccccc1N(c1ccccc1)c1ccccc1C.O=C(O)C(=O)O. The number of para-hydroxylation sites is 6. The highest BCUT2D eigenvalue weighted by atomic mass is 16.4. The number of hydrogen-bond acceptors (Lipinski definition) is 4. The molecule has 0 atom stereocenters. The van der Waals surface area contributed by atoms with Gasteiger partial charge in [-0.05, 0) is 98.5 Å². The largest absolute Gasteiger partial charge is 0.473 e. The number of carboxylic acid groups (broad SMARTS) is 2. The molecule has 6 nitrogen and oxygen atoms in total. The maximum absolute atomic E-state index is 9.10. The van der Waals surface area contributed by atoms with Crippen LogP contribution in [0.3, 0.4) is 0 Å². The highest BCUT2D eigenvalue weighted by Gasteiger charge is 2.16. The molecule has 6 heteroatoms. The standard InChI is InChI=1S/2C20H19N.C2H2O4/c2*1-16-10-6-8-14-19(16)21(18-12-4-3-5-13-18)20-15-9-7-11-17(20)2;3-1(4)2(5)6/h2*3-15H,1-2H3;(H,3,4)(H,5,6). The summed E-state index contributed by atoms with van der Waals surface area (Å²) in [5, 5.41) is 14.8. The van der Waals surface area contributed by atoms with E-state index in [4.69, 9.17) is 19.8 Å². The van der Waals surface area contributed by atoms with Crippen LogP contribution in [-0.4, -0.2) is 22.2 Å². The van der Waals surface area contributed by atoms with Crippen LogP contribution in [0.2, 0.25) is 0 Å². The van der Waals surface area contributed by atoms with Crippen molar-refractivity contribution < 1.29 is 19.8 Å². The molecule has 0 heterocycles. The number of anilines is 6. The average molecular weight is 637 g/mol. The Hall–Kier alpha value is -6.14. The van der Waals surface area contributed by atoms with Crippen molar-refractivity contribution in [1.29, 1.82) is 0 Å². The van der Waals surface area contributed by atoms with Crippen molar-refractivity contribution >= 4 is 46.1 Å². The van der Waals surface area contributed by atoms with Crippen LogP contribution in [0.15, 0.2) is 158 Å². The summed E-state index contributed by atoms with van der Waals surface area (Å²) >= 11 is 0. The molecule has 6 rings (SSSR count). The normalized spacial score (nSPS) is 10.0. The van der Waals surface area contributed by atoms with Crippen LogP contribution < -0.4 is 9.80 Å². The van der Waals surface area contributed by atoms with E-state index in [1.165, 1.54) is 56.4 Å².